The van der Waals surface area contributed by atoms with Crippen LogP contribution in [0.25, 0.3) is 0 Å². The first kappa shape index (κ1) is 11.5. The number of nitrogens with one attached hydrogen (secondary N) is 1. The molecule has 3 atom stereocenters. The van der Waals surface area contributed by atoms with Gasteiger partial charge in [0.05, 0.1) is 6.04 Å². The Kier molecular flexibility index (Phi) is 3.32. The van der Waals surface area contributed by atoms with Crippen molar-refractivity contribution in [3.63, 3.8) is 0 Å². The highest BCUT2D eigenvalue weighted by molar-refractivity contribution is 5.99. The lowest BCUT2D eigenvalue weighted by molar-refractivity contribution is -0.117. The van der Waals surface area contributed by atoms with Crippen molar-refractivity contribution in [1.29, 1.82) is 0 Å². The van der Waals surface area contributed by atoms with Gasteiger partial charge in [-0.2, -0.15) is 0 Å². The summed E-state index contributed by atoms with van der Waals surface area (Å²) in [5, 5.41) is 3.60. The molecular weight excluding hydrogens is 210 g/mol. The highest BCUT2D eigenvalue weighted by atomic mass is 16.1. The Morgan fingerprint density at radius 1 is 1.18 bits per heavy atom. The van der Waals surface area contributed by atoms with E-state index in [1.165, 1.54) is 38.5 Å². The molecule has 2 aliphatic carbocycles. The number of Topliss-reactive ketones (excluding diaryl/α,β-unsaturated/α-hetero) is 1. The predicted molar refractivity (Wildman–Crippen MR) is 68.8 cm³/mol. The molecule has 0 bridgehead atoms. The lowest BCUT2D eigenvalue weighted by Gasteiger charge is -2.24. The normalized spacial score (nSPS) is 37.4. The number of carbonyl (C=O) groups excluding carboxylic acids is 1. The topological polar surface area (TPSA) is 29.1 Å². The van der Waals surface area contributed by atoms with E-state index < -0.39 is 0 Å². The second kappa shape index (κ2) is 4.93. The zero-order chi connectivity index (χ0) is 11.7. The summed E-state index contributed by atoms with van der Waals surface area (Å²) in [6, 6.07) is 0.786. The van der Waals surface area contributed by atoms with E-state index in [-0.39, 0.29) is 6.04 Å². The fourth-order valence-corrected chi connectivity index (χ4v) is 3.81. The van der Waals surface area contributed by atoms with Crippen molar-refractivity contribution < 1.29 is 4.79 Å². The van der Waals surface area contributed by atoms with Gasteiger partial charge in [0.15, 0.2) is 5.78 Å². The molecule has 1 heterocycles. The van der Waals surface area contributed by atoms with Gasteiger partial charge in [0.2, 0.25) is 0 Å². The van der Waals surface area contributed by atoms with Crippen LogP contribution in [-0.4, -0.2) is 17.9 Å². The standard InChI is InChI=1S/C15H23NO/c17-15(11-6-2-1-3-7-11)14-10-12-8-4-5-9-13(12)16-14/h6,12-14,16H,1-5,7-10H2. The summed E-state index contributed by atoms with van der Waals surface area (Å²) in [6.45, 7) is 0. The third-order valence-corrected chi connectivity index (χ3v) is 4.79. The minimum absolute atomic E-state index is 0.146. The Hall–Kier alpha value is -0.630. The maximum absolute atomic E-state index is 12.4. The van der Waals surface area contributed by atoms with Gasteiger partial charge in [-0.3, -0.25) is 4.79 Å². The van der Waals surface area contributed by atoms with E-state index in [4.69, 9.17) is 0 Å². The van der Waals surface area contributed by atoms with Crippen LogP contribution in [0, 0.1) is 5.92 Å². The summed E-state index contributed by atoms with van der Waals surface area (Å²) in [5.74, 6) is 1.20. The Balaban J connectivity index is 1.65. The van der Waals surface area contributed by atoms with Gasteiger partial charge in [-0.15, -0.1) is 0 Å². The molecule has 0 aromatic rings. The first-order chi connectivity index (χ1) is 8.34. The van der Waals surface area contributed by atoms with E-state index in [0.717, 1.165) is 30.8 Å². The highest BCUT2D eigenvalue weighted by Crippen LogP contribution is 2.34. The smallest absolute Gasteiger partial charge is 0.175 e. The molecular formula is C15H23NO. The zero-order valence-corrected chi connectivity index (χ0v) is 10.6. The maximum atomic E-state index is 12.4. The van der Waals surface area contributed by atoms with Gasteiger partial charge in [-0.1, -0.05) is 18.9 Å². The zero-order valence-electron chi connectivity index (χ0n) is 10.6. The third-order valence-electron chi connectivity index (χ3n) is 4.79. The number of ketones is 1. The van der Waals surface area contributed by atoms with Crippen LogP contribution in [0.4, 0.5) is 0 Å². The quantitative estimate of drug-likeness (QED) is 0.794. The number of rotatable bonds is 2. The van der Waals surface area contributed by atoms with E-state index in [0.29, 0.717) is 11.8 Å². The van der Waals surface area contributed by atoms with Crippen LogP contribution in [0.2, 0.25) is 0 Å². The van der Waals surface area contributed by atoms with Crippen molar-refractivity contribution in [3.05, 3.63) is 11.6 Å². The Labute approximate surface area is 104 Å². The van der Waals surface area contributed by atoms with Crippen molar-refractivity contribution in [1.82, 2.24) is 5.32 Å². The summed E-state index contributed by atoms with van der Waals surface area (Å²) >= 11 is 0. The Morgan fingerprint density at radius 2 is 2.06 bits per heavy atom. The molecule has 1 saturated heterocycles. The van der Waals surface area contributed by atoms with Crippen molar-refractivity contribution in [2.45, 2.75) is 69.9 Å². The summed E-state index contributed by atoms with van der Waals surface area (Å²) < 4.78 is 0. The minimum Gasteiger partial charge on any atom is -0.304 e. The molecule has 0 aromatic carbocycles. The fourth-order valence-electron chi connectivity index (χ4n) is 3.81. The number of fused-ring (bicyclic) bond motifs is 1. The third kappa shape index (κ3) is 2.33. The van der Waals surface area contributed by atoms with E-state index in [1.807, 2.05) is 0 Å². The summed E-state index contributed by atoms with van der Waals surface area (Å²) in [7, 11) is 0. The number of carbonyl (C=O) groups is 1. The molecule has 2 fully saturated rings. The Morgan fingerprint density at radius 3 is 2.82 bits per heavy atom. The molecule has 1 N–H and O–H groups in total. The van der Waals surface area contributed by atoms with Crippen LogP contribution in [0.15, 0.2) is 11.6 Å². The van der Waals surface area contributed by atoms with E-state index in [9.17, 15) is 4.79 Å². The monoisotopic (exact) mass is 233 g/mol. The molecule has 0 radical (unpaired) electrons. The van der Waals surface area contributed by atoms with Crippen LogP contribution in [0.5, 0.6) is 0 Å². The molecule has 1 aliphatic heterocycles. The van der Waals surface area contributed by atoms with E-state index in [1.54, 1.807) is 0 Å². The molecule has 2 heteroatoms. The van der Waals surface area contributed by atoms with E-state index in [2.05, 4.69) is 11.4 Å². The van der Waals surface area contributed by atoms with Crippen LogP contribution >= 0.6 is 0 Å². The molecule has 3 rings (SSSR count). The SMILES string of the molecule is O=C(C1=CCCCC1)C1CC2CCCCC2N1. The van der Waals surface area contributed by atoms with Gasteiger partial charge in [0.25, 0.3) is 0 Å². The van der Waals surface area contributed by atoms with Gasteiger partial charge in [-0.25, -0.2) is 0 Å². The summed E-state index contributed by atoms with van der Waals surface area (Å²) in [6.07, 6.45) is 13.2. The Bertz CT molecular complexity index is 320. The van der Waals surface area contributed by atoms with Crippen LogP contribution < -0.4 is 5.32 Å². The summed E-state index contributed by atoms with van der Waals surface area (Å²) in [4.78, 5) is 12.4. The van der Waals surface area contributed by atoms with E-state index >= 15 is 0 Å². The van der Waals surface area contributed by atoms with Crippen LogP contribution in [0.3, 0.4) is 0 Å². The number of hydrogen-bond acceptors (Lipinski definition) is 2. The van der Waals surface area contributed by atoms with Gasteiger partial charge < -0.3 is 5.32 Å². The van der Waals surface area contributed by atoms with Gasteiger partial charge in [0.1, 0.15) is 0 Å². The lowest BCUT2D eigenvalue weighted by atomic mass is 9.84. The molecule has 1 saturated carbocycles. The first-order valence-electron chi connectivity index (χ1n) is 7.34. The molecule has 2 nitrogen and oxygen atoms in total. The van der Waals surface area contributed by atoms with Gasteiger partial charge in [-0.05, 0) is 56.4 Å². The molecule has 0 amide bonds. The average Bonchev–Trinajstić information content (AvgIpc) is 2.82. The molecule has 3 unspecified atom stereocenters. The minimum atomic E-state index is 0.146. The van der Waals surface area contributed by atoms with Crippen molar-refractivity contribution >= 4 is 5.78 Å². The largest absolute Gasteiger partial charge is 0.304 e. The fraction of sp³-hybridized carbons (Fsp3) is 0.800. The molecule has 0 spiro atoms. The number of hydrogen-bond donors (Lipinski definition) is 1. The van der Waals surface area contributed by atoms with Crippen LogP contribution in [0.1, 0.15) is 57.8 Å². The average molecular weight is 233 g/mol. The van der Waals surface area contributed by atoms with Crippen molar-refractivity contribution in [2.75, 3.05) is 0 Å². The second-order valence-electron chi connectivity index (χ2n) is 5.95. The second-order valence-corrected chi connectivity index (χ2v) is 5.95. The molecule has 17 heavy (non-hydrogen) atoms. The number of allylic oxidation sites excluding steroid dienone is 1. The van der Waals surface area contributed by atoms with Gasteiger partial charge >= 0.3 is 0 Å². The van der Waals surface area contributed by atoms with Crippen LogP contribution in [-0.2, 0) is 4.79 Å². The lowest BCUT2D eigenvalue weighted by Crippen LogP contribution is -2.37. The summed E-state index contributed by atoms with van der Waals surface area (Å²) in [5.41, 5.74) is 1.12. The molecule has 94 valence electrons. The van der Waals surface area contributed by atoms with Gasteiger partial charge in [0, 0.05) is 6.04 Å². The first-order valence-corrected chi connectivity index (χ1v) is 7.34. The highest BCUT2D eigenvalue weighted by Gasteiger charge is 2.38. The molecule has 0 aromatic heterocycles. The molecule has 3 aliphatic rings. The van der Waals surface area contributed by atoms with Crippen molar-refractivity contribution in [3.8, 4) is 0 Å². The van der Waals surface area contributed by atoms with Crippen molar-refractivity contribution in [2.24, 2.45) is 5.92 Å². The predicted octanol–water partition coefficient (Wildman–Crippen LogP) is 2.98. The maximum Gasteiger partial charge on any atom is 0.175 e.